The van der Waals surface area contributed by atoms with Crippen LogP contribution in [0.2, 0.25) is 0 Å². The van der Waals surface area contributed by atoms with Crippen LogP contribution in [0.5, 0.6) is 5.75 Å². The Morgan fingerprint density at radius 2 is 2.00 bits per heavy atom. The second-order valence-electron chi connectivity index (χ2n) is 2.75. The molecule has 14 heavy (non-hydrogen) atoms. The van der Waals surface area contributed by atoms with E-state index in [4.69, 9.17) is 10.5 Å². The molecule has 0 bridgehead atoms. The van der Waals surface area contributed by atoms with E-state index in [0.29, 0.717) is 11.4 Å². The number of nitrogens with two attached hydrogens (primary N) is 1. The van der Waals surface area contributed by atoms with Gasteiger partial charge in [0.05, 0.1) is 19.5 Å². The predicted octanol–water partition coefficient (Wildman–Crippen LogP) is 0.858. The molecule has 5 nitrogen and oxygen atoms in total. The van der Waals surface area contributed by atoms with Gasteiger partial charge in [-0.3, -0.25) is 0 Å². The van der Waals surface area contributed by atoms with Crippen molar-refractivity contribution in [3.05, 3.63) is 30.6 Å². The van der Waals surface area contributed by atoms with E-state index in [1.54, 1.807) is 31.6 Å². The summed E-state index contributed by atoms with van der Waals surface area (Å²) in [6, 6.07) is 5.33. The van der Waals surface area contributed by atoms with Crippen molar-refractivity contribution in [3.63, 3.8) is 0 Å². The molecule has 1 aromatic carbocycles. The van der Waals surface area contributed by atoms with E-state index in [1.807, 2.05) is 6.07 Å². The number of hydrogen-bond donors (Lipinski definition) is 1. The van der Waals surface area contributed by atoms with Crippen molar-refractivity contribution in [1.29, 1.82) is 0 Å². The third kappa shape index (κ3) is 1.39. The topological polar surface area (TPSA) is 66.0 Å². The number of rotatable bonds is 2. The van der Waals surface area contributed by atoms with Crippen LogP contribution in [0.25, 0.3) is 5.69 Å². The highest BCUT2D eigenvalue weighted by Crippen LogP contribution is 2.23. The average molecular weight is 190 g/mol. The molecule has 0 fully saturated rings. The van der Waals surface area contributed by atoms with Crippen molar-refractivity contribution in [2.75, 3.05) is 12.8 Å². The van der Waals surface area contributed by atoms with Gasteiger partial charge in [-0.2, -0.15) is 10.2 Å². The van der Waals surface area contributed by atoms with Gasteiger partial charge in [0.25, 0.3) is 0 Å². The molecule has 0 saturated heterocycles. The monoisotopic (exact) mass is 190 g/mol. The maximum absolute atomic E-state index is 5.63. The number of nitrogens with zero attached hydrogens (tertiary/aromatic N) is 3. The second-order valence-corrected chi connectivity index (χ2v) is 2.75. The maximum Gasteiger partial charge on any atom is 0.148 e. The average Bonchev–Trinajstić information content (AvgIpc) is 2.70. The minimum Gasteiger partial charge on any atom is -0.494 e. The molecular weight excluding hydrogens is 180 g/mol. The summed E-state index contributed by atoms with van der Waals surface area (Å²) in [4.78, 5) is 1.48. The number of benzene rings is 1. The number of methoxy groups -OCH3 is 1. The third-order valence-corrected chi connectivity index (χ3v) is 1.84. The van der Waals surface area contributed by atoms with E-state index in [1.165, 1.54) is 4.80 Å². The molecule has 0 unspecified atom stereocenters. The number of nitrogen functional groups attached to an aromatic ring is 1. The van der Waals surface area contributed by atoms with Crippen molar-refractivity contribution in [2.24, 2.45) is 0 Å². The molecule has 0 radical (unpaired) electrons. The first-order chi connectivity index (χ1) is 6.81. The van der Waals surface area contributed by atoms with E-state index in [2.05, 4.69) is 10.2 Å². The van der Waals surface area contributed by atoms with Gasteiger partial charge in [0.1, 0.15) is 11.4 Å². The van der Waals surface area contributed by atoms with Crippen LogP contribution < -0.4 is 10.5 Å². The van der Waals surface area contributed by atoms with Gasteiger partial charge in [-0.25, -0.2) is 0 Å². The number of hydrogen-bond acceptors (Lipinski definition) is 4. The largest absolute Gasteiger partial charge is 0.494 e. The summed E-state index contributed by atoms with van der Waals surface area (Å²) >= 11 is 0. The fourth-order valence-electron chi connectivity index (χ4n) is 1.20. The minimum absolute atomic E-state index is 0.651. The first kappa shape index (κ1) is 8.55. The fraction of sp³-hybridized carbons (Fsp3) is 0.111. The molecule has 0 aliphatic heterocycles. The Kier molecular flexibility index (Phi) is 2.06. The molecule has 0 saturated carbocycles. The summed E-state index contributed by atoms with van der Waals surface area (Å²) in [5.74, 6) is 0.654. The van der Waals surface area contributed by atoms with E-state index in [0.717, 1.165) is 5.69 Å². The Hall–Kier alpha value is -2.04. The molecule has 0 atom stereocenters. The Morgan fingerprint density at radius 1 is 1.29 bits per heavy atom. The van der Waals surface area contributed by atoms with Crippen LogP contribution in [0.4, 0.5) is 5.69 Å². The fourth-order valence-corrected chi connectivity index (χ4v) is 1.20. The van der Waals surface area contributed by atoms with E-state index >= 15 is 0 Å². The Morgan fingerprint density at radius 3 is 2.64 bits per heavy atom. The summed E-state index contributed by atoms with van der Waals surface area (Å²) < 4.78 is 5.17. The molecule has 2 N–H and O–H groups in total. The Bertz CT molecular complexity index is 424. The van der Waals surface area contributed by atoms with Gasteiger partial charge in [0.15, 0.2) is 0 Å². The van der Waals surface area contributed by atoms with Crippen molar-refractivity contribution >= 4 is 5.69 Å². The number of anilines is 1. The highest BCUT2D eigenvalue weighted by atomic mass is 16.5. The molecule has 1 heterocycles. The maximum atomic E-state index is 5.63. The lowest BCUT2D eigenvalue weighted by atomic mass is 10.2. The van der Waals surface area contributed by atoms with Crippen LogP contribution in [0.1, 0.15) is 0 Å². The van der Waals surface area contributed by atoms with E-state index in [9.17, 15) is 0 Å². The molecule has 0 aliphatic rings. The predicted molar refractivity (Wildman–Crippen MR) is 52.3 cm³/mol. The molecule has 0 amide bonds. The second kappa shape index (κ2) is 3.37. The van der Waals surface area contributed by atoms with Crippen molar-refractivity contribution in [2.45, 2.75) is 0 Å². The Balaban J connectivity index is 2.53. The standard InChI is InChI=1S/C9H10N4O/c1-14-9-6-7(10)2-3-8(9)13-11-4-5-12-13/h2-6H,10H2,1H3. The van der Waals surface area contributed by atoms with Crippen LogP contribution in [0, 0.1) is 0 Å². The molecular formula is C9H10N4O. The lowest BCUT2D eigenvalue weighted by Crippen LogP contribution is -2.02. The molecule has 2 rings (SSSR count). The Labute approximate surface area is 81.1 Å². The molecule has 72 valence electrons. The minimum atomic E-state index is 0.651. The lowest BCUT2D eigenvalue weighted by Gasteiger charge is -2.07. The van der Waals surface area contributed by atoms with Crippen molar-refractivity contribution in [1.82, 2.24) is 15.0 Å². The van der Waals surface area contributed by atoms with Gasteiger partial charge in [0, 0.05) is 11.8 Å². The lowest BCUT2D eigenvalue weighted by molar-refractivity contribution is 0.410. The van der Waals surface area contributed by atoms with Crippen LogP contribution in [-0.2, 0) is 0 Å². The zero-order valence-electron chi connectivity index (χ0n) is 7.71. The van der Waals surface area contributed by atoms with Gasteiger partial charge in [-0.05, 0) is 12.1 Å². The van der Waals surface area contributed by atoms with Crippen molar-refractivity contribution in [3.8, 4) is 11.4 Å². The highest BCUT2D eigenvalue weighted by molar-refractivity contribution is 5.54. The summed E-state index contributed by atoms with van der Waals surface area (Å²) in [5.41, 5.74) is 7.05. The first-order valence-electron chi connectivity index (χ1n) is 4.11. The van der Waals surface area contributed by atoms with Gasteiger partial charge in [-0.15, -0.1) is 4.80 Å². The third-order valence-electron chi connectivity index (χ3n) is 1.84. The smallest absolute Gasteiger partial charge is 0.148 e. The SMILES string of the molecule is COc1cc(N)ccc1-n1nccn1. The normalized spacial score (nSPS) is 10.1. The summed E-state index contributed by atoms with van der Waals surface area (Å²) in [6.07, 6.45) is 3.21. The quantitative estimate of drug-likeness (QED) is 0.713. The molecule has 1 aromatic heterocycles. The number of ether oxygens (including phenoxy) is 1. The van der Waals surface area contributed by atoms with E-state index in [-0.39, 0.29) is 0 Å². The summed E-state index contributed by atoms with van der Waals surface area (Å²) in [6.45, 7) is 0. The molecule has 0 spiro atoms. The van der Waals surface area contributed by atoms with Gasteiger partial charge in [-0.1, -0.05) is 0 Å². The molecule has 2 aromatic rings. The van der Waals surface area contributed by atoms with Crippen molar-refractivity contribution < 1.29 is 4.74 Å². The summed E-state index contributed by atoms with van der Waals surface area (Å²) in [5, 5.41) is 8.02. The van der Waals surface area contributed by atoms with E-state index < -0.39 is 0 Å². The van der Waals surface area contributed by atoms with Crippen LogP contribution in [0.15, 0.2) is 30.6 Å². The first-order valence-corrected chi connectivity index (χ1v) is 4.11. The number of aromatic nitrogens is 3. The van der Waals surface area contributed by atoms with Crippen LogP contribution >= 0.6 is 0 Å². The zero-order valence-corrected chi connectivity index (χ0v) is 7.71. The van der Waals surface area contributed by atoms with Gasteiger partial charge >= 0.3 is 0 Å². The molecule has 5 heteroatoms. The van der Waals surface area contributed by atoms with Gasteiger partial charge < -0.3 is 10.5 Å². The van der Waals surface area contributed by atoms with Crippen LogP contribution in [-0.4, -0.2) is 22.1 Å². The zero-order chi connectivity index (χ0) is 9.97. The van der Waals surface area contributed by atoms with Crippen LogP contribution in [0.3, 0.4) is 0 Å². The highest BCUT2D eigenvalue weighted by Gasteiger charge is 2.05. The summed E-state index contributed by atoms with van der Waals surface area (Å²) in [7, 11) is 1.59. The molecule has 0 aliphatic carbocycles. The van der Waals surface area contributed by atoms with Gasteiger partial charge in [0.2, 0.25) is 0 Å².